The number of rotatable bonds is 6. The molecule has 0 bridgehead atoms. The lowest BCUT2D eigenvalue weighted by atomic mass is 10.0. The first-order valence-electron chi connectivity index (χ1n) is 10.4. The van der Waals surface area contributed by atoms with Crippen molar-refractivity contribution in [3.63, 3.8) is 0 Å². The van der Waals surface area contributed by atoms with E-state index in [1.54, 1.807) is 34.6 Å². The fraction of sp³-hybridized carbons (Fsp3) is 0.148. The number of ether oxygens (including phenoxy) is 4. The van der Waals surface area contributed by atoms with Crippen molar-refractivity contribution in [3.05, 3.63) is 66.9 Å². The van der Waals surface area contributed by atoms with Gasteiger partial charge in [-0.25, -0.2) is 0 Å². The molecule has 0 radical (unpaired) electrons. The molecule has 3 aromatic carbocycles. The molecule has 2 heterocycles. The molecule has 5 rings (SSSR count). The van der Waals surface area contributed by atoms with Crippen LogP contribution in [0.2, 0.25) is 0 Å². The zero-order valence-electron chi connectivity index (χ0n) is 18.8. The van der Waals surface area contributed by atoms with Gasteiger partial charge >= 0.3 is 0 Å². The van der Waals surface area contributed by atoms with Gasteiger partial charge in [0.15, 0.2) is 17.1 Å². The summed E-state index contributed by atoms with van der Waals surface area (Å²) >= 11 is 0. The minimum absolute atomic E-state index is 0.534. The summed E-state index contributed by atoms with van der Waals surface area (Å²) in [4.78, 5) is 4.52. The van der Waals surface area contributed by atoms with E-state index in [1.165, 1.54) is 0 Å². The Bertz CT molecular complexity index is 1450. The van der Waals surface area contributed by atoms with Gasteiger partial charge in [0.05, 0.1) is 28.4 Å². The van der Waals surface area contributed by atoms with Crippen molar-refractivity contribution in [3.8, 4) is 45.4 Å². The van der Waals surface area contributed by atoms with Crippen LogP contribution in [-0.2, 0) is 0 Å². The predicted octanol–water partition coefficient (Wildman–Crippen LogP) is 6.35. The Labute approximate surface area is 191 Å². The lowest BCUT2D eigenvalue weighted by Crippen LogP contribution is -1.95. The first kappa shape index (κ1) is 20.7. The number of benzene rings is 3. The Hall–Kier alpha value is -4.19. The molecule has 0 aliphatic carbocycles. The zero-order valence-corrected chi connectivity index (χ0v) is 18.8. The second-order valence-electron chi connectivity index (χ2n) is 7.53. The van der Waals surface area contributed by atoms with Crippen molar-refractivity contribution in [2.45, 2.75) is 0 Å². The highest BCUT2D eigenvalue weighted by molar-refractivity contribution is 5.96. The largest absolute Gasteiger partial charge is 0.497 e. The van der Waals surface area contributed by atoms with Crippen LogP contribution < -0.4 is 18.9 Å². The number of hydrogen-bond donors (Lipinski definition) is 0. The van der Waals surface area contributed by atoms with E-state index >= 15 is 0 Å². The standard InChI is InChI=1S/C27H23NO5/c1-29-20-8-7-16-11-18(6-5-17(16)12-20)21-9-10-28-22-15-23(33-26(21)22)19-13-24(30-2)27(32-4)25(14-19)31-3/h5-15H,1-4H3. The maximum absolute atomic E-state index is 6.33. The quantitative estimate of drug-likeness (QED) is 0.306. The average molecular weight is 441 g/mol. The highest BCUT2D eigenvalue weighted by Gasteiger charge is 2.18. The van der Waals surface area contributed by atoms with Gasteiger partial charge in [-0.3, -0.25) is 4.98 Å². The molecule has 6 nitrogen and oxygen atoms in total. The maximum atomic E-state index is 6.33. The SMILES string of the molecule is COc1ccc2cc(-c3ccnc4cc(-c5cc(OC)c(OC)c(OC)c5)oc34)ccc2c1. The molecular formula is C27H23NO5. The smallest absolute Gasteiger partial charge is 0.203 e. The molecule has 166 valence electrons. The highest BCUT2D eigenvalue weighted by Crippen LogP contribution is 2.43. The first-order valence-corrected chi connectivity index (χ1v) is 10.4. The van der Waals surface area contributed by atoms with Gasteiger partial charge in [-0.15, -0.1) is 0 Å². The van der Waals surface area contributed by atoms with E-state index in [0.717, 1.165) is 38.7 Å². The maximum Gasteiger partial charge on any atom is 0.203 e. The molecule has 0 saturated carbocycles. The van der Waals surface area contributed by atoms with Crippen LogP contribution >= 0.6 is 0 Å². The average Bonchev–Trinajstić information content (AvgIpc) is 3.31. The molecule has 0 saturated heterocycles. The third-order valence-corrected chi connectivity index (χ3v) is 5.72. The molecule has 0 atom stereocenters. The van der Waals surface area contributed by atoms with Crippen molar-refractivity contribution in [1.29, 1.82) is 0 Å². The van der Waals surface area contributed by atoms with Crippen LogP contribution in [0.1, 0.15) is 0 Å². The van der Waals surface area contributed by atoms with Gasteiger partial charge in [-0.05, 0) is 52.7 Å². The predicted molar refractivity (Wildman–Crippen MR) is 129 cm³/mol. The molecule has 0 N–H and O–H groups in total. The zero-order chi connectivity index (χ0) is 22.9. The van der Waals surface area contributed by atoms with Crippen LogP contribution in [0, 0.1) is 0 Å². The molecule has 6 heteroatoms. The van der Waals surface area contributed by atoms with Crippen LogP contribution in [0.25, 0.3) is 44.3 Å². The van der Waals surface area contributed by atoms with Gasteiger partial charge in [0, 0.05) is 23.4 Å². The summed E-state index contributed by atoms with van der Waals surface area (Å²) in [5.41, 5.74) is 4.31. The van der Waals surface area contributed by atoms with E-state index in [2.05, 4.69) is 29.2 Å². The van der Waals surface area contributed by atoms with Gasteiger partial charge in [0.1, 0.15) is 17.0 Å². The van der Waals surface area contributed by atoms with Gasteiger partial charge in [0.25, 0.3) is 0 Å². The summed E-state index contributed by atoms with van der Waals surface area (Å²) in [6, 6.07) is 20.0. The van der Waals surface area contributed by atoms with Gasteiger partial charge in [0.2, 0.25) is 5.75 Å². The number of fused-ring (bicyclic) bond motifs is 2. The third kappa shape index (κ3) is 3.59. The van der Waals surface area contributed by atoms with E-state index in [-0.39, 0.29) is 0 Å². The normalized spacial score (nSPS) is 11.0. The fourth-order valence-corrected chi connectivity index (χ4v) is 4.05. The molecule has 33 heavy (non-hydrogen) atoms. The summed E-state index contributed by atoms with van der Waals surface area (Å²) in [7, 11) is 6.44. The number of aromatic nitrogens is 1. The Morgan fingerprint density at radius 2 is 1.39 bits per heavy atom. The van der Waals surface area contributed by atoms with Crippen molar-refractivity contribution in [2.75, 3.05) is 28.4 Å². The minimum atomic E-state index is 0.534. The molecule has 0 spiro atoms. The second-order valence-corrected chi connectivity index (χ2v) is 7.53. The molecular weight excluding hydrogens is 418 g/mol. The number of methoxy groups -OCH3 is 4. The molecule has 0 amide bonds. The number of hydrogen-bond acceptors (Lipinski definition) is 6. The van der Waals surface area contributed by atoms with Crippen molar-refractivity contribution in [2.24, 2.45) is 0 Å². The van der Waals surface area contributed by atoms with Crippen LogP contribution in [0.4, 0.5) is 0 Å². The molecule has 0 aliphatic heterocycles. The Balaban J connectivity index is 1.63. The third-order valence-electron chi connectivity index (χ3n) is 5.72. The first-order chi connectivity index (χ1) is 16.1. The highest BCUT2D eigenvalue weighted by atomic mass is 16.5. The lowest BCUT2D eigenvalue weighted by Gasteiger charge is -2.13. The number of furan rings is 1. The van der Waals surface area contributed by atoms with Crippen LogP contribution in [0.5, 0.6) is 23.0 Å². The summed E-state index contributed by atoms with van der Waals surface area (Å²) in [6.07, 6.45) is 1.80. The van der Waals surface area contributed by atoms with E-state index in [9.17, 15) is 0 Å². The summed E-state index contributed by atoms with van der Waals surface area (Å²) in [6.45, 7) is 0. The van der Waals surface area contributed by atoms with E-state index in [1.807, 2.05) is 36.4 Å². The molecule has 0 unspecified atom stereocenters. The number of nitrogens with zero attached hydrogens (tertiary/aromatic N) is 1. The van der Waals surface area contributed by atoms with Crippen molar-refractivity contribution >= 4 is 21.9 Å². The Kier molecular flexibility index (Phi) is 5.26. The second kappa shape index (κ2) is 8.39. The van der Waals surface area contributed by atoms with Crippen LogP contribution in [-0.4, -0.2) is 33.4 Å². The van der Waals surface area contributed by atoms with Gasteiger partial charge in [-0.1, -0.05) is 18.2 Å². The molecule has 5 aromatic rings. The molecule has 0 fully saturated rings. The van der Waals surface area contributed by atoms with Crippen molar-refractivity contribution < 1.29 is 23.4 Å². The van der Waals surface area contributed by atoms with Crippen LogP contribution in [0.3, 0.4) is 0 Å². The summed E-state index contributed by atoms with van der Waals surface area (Å²) in [5.74, 6) is 3.15. The number of pyridine rings is 1. The minimum Gasteiger partial charge on any atom is -0.497 e. The fourth-order valence-electron chi connectivity index (χ4n) is 4.05. The summed E-state index contributed by atoms with van der Waals surface area (Å²) in [5, 5.41) is 2.23. The van der Waals surface area contributed by atoms with Crippen molar-refractivity contribution in [1.82, 2.24) is 4.98 Å². The van der Waals surface area contributed by atoms with E-state index in [4.69, 9.17) is 23.4 Å². The Morgan fingerprint density at radius 3 is 2.09 bits per heavy atom. The van der Waals surface area contributed by atoms with Gasteiger partial charge in [-0.2, -0.15) is 0 Å². The topological polar surface area (TPSA) is 63.0 Å². The Morgan fingerprint density at radius 1 is 0.667 bits per heavy atom. The van der Waals surface area contributed by atoms with Crippen LogP contribution in [0.15, 0.2) is 71.3 Å². The summed E-state index contributed by atoms with van der Waals surface area (Å²) < 4.78 is 28.1. The lowest BCUT2D eigenvalue weighted by molar-refractivity contribution is 0.324. The molecule has 2 aromatic heterocycles. The van der Waals surface area contributed by atoms with E-state index in [0.29, 0.717) is 28.6 Å². The van der Waals surface area contributed by atoms with Gasteiger partial charge < -0.3 is 23.4 Å². The monoisotopic (exact) mass is 441 g/mol. The molecule has 0 aliphatic rings. The van der Waals surface area contributed by atoms with E-state index < -0.39 is 0 Å².